The molecule has 17 heavy (non-hydrogen) atoms. The molecule has 0 fully saturated rings. The third-order valence-corrected chi connectivity index (χ3v) is 2.79. The van der Waals surface area contributed by atoms with Crippen molar-refractivity contribution in [2.24, 2.45) is 0 Å². The van der Waals surface area contributed by atoms with Gasteiger partial charge in [0.25, 0.3) is 0 Å². The van der Waals surface area contributed by atoms with Crippen molar-refractivity contribution in [1.82, 2.24) is 10.3 Å². The van der Waals surface area contributed by atoms with Gasteiger partial charge in [-0.25, -0.2) is 0 Å². The minimum atomic E-state index is 0.761. The van der Waals surface area contributed by atoms with Crippen molar-refractivity contribution in [1.29, 1.82) is 0 Å². The molecule has 0 unspecified atom stereocenters. The maximum atomic E-state index is 4.99. The minimum Gasteiger partial charge on any atom is -0.383 e. The van der Waals surface area contributed by atoms with Crippen molar-refractivity contribution < 1.29 is 4.74 Å². The molecule has 0 bridgehead atoms. The summed E-state index contributed by atoms with van der Waals surface area (Å²) in [5, 5.41) is 4.61. The van der Waals surface area contributed by atoms with Gasteiger partial charge >= 0.3 is 0 Å². The Morgan fingerprint density at radius 1 is 1.18 bits per heavy atom. The molecule has 1 heterocycles. The van der Waals surface area contributed by atoms with E-state index in [9.17, 15) is 0 Å². The number of fused-ring (bicyclic) bond motifs is 1. The molecule has 0 radical (unpaired) electrons. The average molecular weight is 230 g/mol. The van der Waals surface area contributed by atoms with Crippen LogP contribution in [0, 0.1) is 0 Å². The summed E-state index contributed by atoms with van der Waals surface area (Å²) in [6, 6.07) is 10.4. The number of nitrogens with one attached hydrogen (secondary N) is 1. The number of hydrogen-bond donors (Lipinski definition) is 1. The van der Waals surface area contributed by atoms with Crippen LogP contribution in [0.1, 0.15) is 5.56 Å². The lowest BCUT2D eigenvalue weighted by molar-refractivity contribution is 0.199. The van der Waals surface area contributed by atoms with Gasteiger partial charge in [0.05, 0.1) is 12.1 Å². The van der Waals surface area contributed by atoms with E-state index in [0.717, 1.165) is 31.6 Å². The number of benzene rings is 1. The highest BCUT2D eigenvalue weighted by atomic mass is 16.5. The highest BCUT2D eigenvalue weighted by Crippen LogP contribution is 2.16. The van der Waals surface area contributed by atoms with Crippen LogP contribution in [0.5, 0.6) is 0 Å². The molecular formula is C14H18N2O. The maximum Gasteiger partial charge on any atom is 0.0704 e. The van der Waals surface area contributed by atoms with Crippen molar-refractivity contribution >= 4 is 10.9 Å². The van der Waals surface area contributed by atoms with Crippen molar-refractivity contribution in [3.63, 3.8) is 0 Å². The van der Waals surface area contributed by atoms with Gasteiger partial charge < -0.3 is 10.1 Å². The second-order valence-corrected chi connectivity index (χ2v) is 3.98. The Bertz CT molecular complexity index is 465. The first-order valence-corrected chi connectivity index (χ1v) is 5.94. The Morgan fingerprint density at radius 3 is 2.94 bits per heavy atom. The first-order chi connectivity index (χ1) is 8.42. The molecule has 0 spiro atoms. The van der Waals surface area contributed by atoms with E-state index < -0.39 is 0 Å². The van der Waals surface area contributed by atoms with E-state index in [1.807, 2.05) is 12.3 Å². The Morgan fingerprint density at radius 2 is 2.06 bits per heavy atom. The number of para-hydroxylation sites is 1. The van der Waals surface area contributed by atoms with Gasteiger partial charge in [0.1, 0.15) is 0 Å². The molecule has 0 aliphatic rings. The van der Waals surface area contributed by atoms with Crippen LogP contribution in [0.4, 0.5) is 0 Å². The molecule has 1 N–H and O–H groups in total. The summed E-state index contributed by atoms with van der Waals surface area (Å²) < 4.78 is 4.99. The van der Waals surface area contributed by atoms with E-state index in [2.05, 4.69) is 34.6 Å². The molecule has 1 aromatic heterocycles. The molecule has 90 valence electrons. The van der Waals surface area contributed by atoms with Gasteiger partial charge in [0.15, 0.2) is 0 Å². The zero-order valence-electron chi connectivity index (χ0n) is 10.1. The molecule has 0 aliphatic heterocycles. The molecule has 0 atom stereocenters. The lowest BCUT2D eigenvalue weighted by atomic mass is 10.1. The molecule has 0 saturated heterocycles. The third kappa shape index (κ3) is 3.25. The quantitative estimate of drug-likeness (QED) is 0.771. The summed E-state index contributed by atoms with van der Waals surface area (Å²) in [7, 11) is 1.72. The summed E-state index contributed by atoms with van der Waals surface area (Å²) in [6.07, 6.45) is 2.90. The third-order valence-electron chi connectivity index (χ3n) is 2.79. The number of hydrogen-bond acceptors (Lipinski definition) is 3. The zero-order chi connectivity index (χ0) is 11.9. The second kappa shape index (κ2) is 6.33. The molecule has 0 saturated carbocycles. The minimum absolute atomic E-state index is 0.761. The summed E-state index contributed by atoms with van der Waals surface area (Å²) in [5.74, 6) is 0. The number of nitrogens with zero attached hydrogens (tertiary/aromatic N) is 1. The fourth-order valence-corrected chi connectivity index (χ4v) is 1.90. The normalized spacial score (nSPS) is 10.9. The predicted octanol–water partition coefficient (Wildman–Crippen LogP) is 2.01. The highest BCUT2D eigenvalue weighted by Gasteiger charge is 2.00. The topological polar surface area (TPSA) is 34.1 Å². The number of pyridine rings is 1. The molecule has 3 heteroatoms. The molecule has 0 aliphatic carbocycles. The molecule has 2 aromatic rings. The van der Waals surface area contributed by atoms with Gasteiger partial charge in [-0.1, -0.05) is 18.2 Å². The van der Waals surface area contributed by atoms with Gasteiger partial charge in [-0.2, -0.15) is 0 Å². The van der Waals surface area contributed by atoms with E-state index in [1.165, 1.54) is 10.9 Å². The van der Waals surface area contributed by atoms with Gasteiger partial charge in [0, 0.05) is 25.2 Å². The SMILES string of the molecule is COCCNCCc1ccnc2ccccc12. The standard InChI is InChI=1S/C14H18N2O/c1-17-11-10-15-8-6-12-7-9-16-14-5-3-2-4-13(12)14/h2-5,7,9,15H,6,8,10-11H2,1H3. The van der Waals surface area contributed by atoms with Crippen LogP contribution in [0.3, 0.4) is 0 Å². The van der Waals surface area contributed by atoms with Gasteiger partial charge in [-0.05, 0) is 30.7 Å². The molecule has 0 amide bonds. The summed E-state index contributed by atoms with van der Waals surface area (Å²) >= 11 is 0. The number of rotatable bonds is 6. The molecular weight excluding hydrogens is 212 g/mol. The average Bonchev–Trinajstić information content (AvgIpc) is 2.39. The van der Waals surface area contributed by atoms with Crippen LogP contribution in [0.15, 0.2) is 36.5 Å². The smallest absolute Gasteiger partial charge is 0.0704 e. The summed E-state index contributed by atoms with van der Waals surface area (Å²) in [4.78, 5) is 4.36. The van der Waals surface area contributed by atoms with E-state index >= 15 is 0 Å². The van der Waals surface area contributed by atoms with Crippen LogP contribution >= 0.6 is 0 Å². The molecule has 3 nitrogen and oxygen atoms in total. The Balaban J connectivity index is 1.98. The first-order valence-electron chi connectivity index (χ1n) is 5.94. The predicted molar refractivity (Wildman–Crippen MR) is 70.2 cm³/mol. The van der Waals surface area contributed by atoms with Gasteiger partial charge in [-0.15, -0.1) is 0 Å². The number of aromatic nitrogens is 1. The van der Waals surface area contributed by atoms with Gasteiger partial charge in [0.2, 0.25) is 0 Å². The van der Waals surface area contributed by atoms with Crippen LogP contribution in [0.2, 0.25) is 0 Å². The Hall–Kier alpha value is -1.45. The van der Waals surface area contributed by atoms with E-state index in [4.69, 9.17) is 4.74 Å². The van der Waals surface area contributed by atoms with E-state index in [0.29, 0.717) is 0 Å². The van der Waals surface area contributed by atoms with E-state index in [-0.39, 0.29) is 0 Å². The van der Waals surface area contributed by atoms with Crippen LogP contribution in [-0.2, 0) is 11.2 Å². The monoisotopic (exact) mass is 230 g/mol. The Kier molecular flexibility index (Phi) is 4.47. The van der Waals surface area contributed by atoms with Crippen LogP contribution in [0.25, 0.3) is 10.9 Å². The lowest BCUT2D eigenvalue weighted by Gasteiger charge is -2.07. The van der Waals surface area contributed by atoms with Crippen LogP contribution < -0.4 is 5.32 Å². The largest absolute Gasteiger partial charge is 0.383 e. The zero-order valence-corrected chi connectivity index (χ0v) is 10.1. The fourth-order valence-electron chi connectivity index (χ4n) is 1.90. The molecule has 2 rings (SSSR count). The Labute approximate surface area is 102 Å². The van der Waals surface area contributed by atoms with Crippen LogP contribution in [-0.4, -0.2) is 31.8 Å². The van der Waals surface area contributed by atoms with Crippen molar-refractivity contribution in [3.05, 3.63) is 42.1 Å². The first kappa shape index (κ1) is 12.0. The number of ether oxygens (including phenoxy) is 1. The highest BCUT2D eigenvalue weighted by molar-refractivity contribution is 5.81. The summed E-state index contributed by atoms with van der Waals surface area (Å²) in [6.45, 7) is 2.63. The number of methoxy groups -OCH3 is 1. The van der Waals surface area contributed by atoms with Crippen molar-refractivity contribution in [2.45, 2.75) is 6.42 Å². The fraction of sp³-hybridized carbons (Fsp3) is 0.357. The van der Waals surface area contributed by atoms with E-state index in [1.54, 1.807) is 7.11 Å². The second-order valence-electron chi connectivity index (χ2n) is 3.98. The van der Waals surface area contributed by atoms with Crippen molar-refractivity contribution in [2.75, 3.05) is 26.8 Å². The lowest BCUT2D eigenvalue weighted by Crippen LogP contribution is -2.21. The maximum absolute atomic E-state index is 4.99. The van der Waals surface area contributed by atoms with Gasteiger partial charge in [-0.3, -0.25) is 4.98 Å². The molecule has 1 aromatic carbocycles. The summed E-state index contributed by atoms with van der Waals surface area (Å²) in [5.41, 5.74) is 2.42. The van der Waals surface area contributed by atoms with Crippen molar-refractivity contribution in [3.8, 4) is 0 Å².